The number of aryl methyl sites for hydroxylation is 1. The first-order valence-electron chi connectivity index (χ1n) is 5.58. The van der Waals surface area contributed by atoms with Gasteiger partial charge in [-0.05, 0) is 30.7 Å². The van der Waals surface area contributed by atoms with Crippen LogP contribution in [0.1, 0.15) is 11.1 Å². The largest absolute Gasteiger partial charge is 0.481 e. The van der Waals surface area contributed by atoms with Crippen LogP contribution in [0.15, 0.2) is 42.6 Å². The molecular weight excluding hydrogens is 212 g/mol. The van der Waals surface area contributed by atoms with Gasteiger partial charge in [-0.15, -0.1) is 0 Å². The van der Waals surface area contributed by atoms with Crippen molar-refractivity contribution in [1.82, 2.24) is 4.98 Å². The highest BCUT2D eigenvalue weighted by atomic mass is 16.5. The van der Waals surface area contributed by atoms with E-state index in [0.717, 1.165) is 11.3 Å². The second kappa shape index (κ2) is 5.34. The molecule has 0 amide bonds. The first-order chi connectivity index (χ1) is 8.29. The molecule has 2 aromatic rings. The van der Waals surface area contributed by atoms with Crippen LogP contribution in [-0.2, 0) is 6.54 Å². The minimum absolute atomic E-state index is 0.674. The van der Waals surface area contributed by atoms with Crippen LogP contribution in [-0.4, -0.2) is 12.1 Å². The molecule has 17 heavy (non-hydrogen) atoms. The van der Waals surface area contributed by atoms with Gasteiger partial charge in [0.05, 0.1) is 7.11 Å². The maximum Gasteiger partial charge on any atom is 0.218 e. The molecule has 2 rings (SSSR count). The van der Waals surface area contributed by atoms with Gasteiger partial charge in [-0.25, -0.2) is 4.98 Å². The van der Waals surface area contributed by atoms with Crippen LogP contribution >= 0.6 is 0 Å². The van der Waals surface area contributed by atoms with Gasteiger partial charge < -0.3 is 10.1 Å². The highest BCUT2D eigenvalue weighted by Crippen LogP contribution is 2.16. The van der Waals surface area contributed by atoms with E-state index in [-0.39, 0.29) is 0 Å². The molecule has 0 aliphatic carbocycles. The lowest BCUT2D eigenvalue weighted by molar-refractivity contribution is 0.393. The lowest BCUT2D eigenvalue weighted by Gasteiger charge is -2.09. The van der Waals surface area contributed by atoms with Crippen LogP contribution in [0.2, 0.25) is 0 Å². The summed E-state index contributed by atoms with van der Waals surface area (Å²) in [6.07, 6.45) is 1.73. The van der Waals surface area contributed by atoms with Crippen molar-refractivity contribution < 1.29 is 4.74 Å². The number of anilines is 1. The Hall–Kier alpha value is -2.03. The predicted octanol–water partition coefficient (Wildman–Crippen LogP) is 3.01. The average Bonchev–Trinajstić information content (AvgIpc) is 2.37. The van der Waals surface area contributed by atoms with E-state index in [9.17, 15) is 0 Å². The first-order valence-corrected chi connectivity index (χ1v) is 5.58. The minimum Gasteiger partial charge on any atom is -0.481 e. The number of hydrogen-bond donors (Lipinski definition) is 1. The summed E-state index contributed by atoms with van der Waals surface area (Å²) in [5.74, 6) is 0.674. The van der Waals surface area contributed by atoms with Gasteiger partial charge >= 0.3 is 0 Å². The van der Waals surface area contributed by atoms with Crippen molar-refractivity contribution in [3.05, 3.63) is 53.7 Å². The number of pyridine rings is 1. The summed E-state index contributed by atoms with van der Waals surface area (Å²) in [5.41, 5.74) is 3.40. The van der Waals surface area contributed by atoms with Crippen molar-refractivity contribution >= 4 is 5.69 Å². The van der Waals surface area contributed by atoms with E-state index in [4.69, 9.17) is 4.74 Å². The SMILES string of the molecule is COc1ncccc1CNc1cccc(C)c1. The lowest BCUT2D eigenvalue weighted by atomic mass is 10.2. The second-order valence-corrected chi connectivity index (χ2v) is 3.89. The molecule has 0 fully saturated rings. The molecule has 3 nitrogen and oxygen atoms in total. The van der Waals surface area contributed by atoms with Crippen LogP contribution < -0.4 is 10.1 Å². The predicted molar refractivity (Wildman–Crippen MR) is 69.3 cm³/mol. The molecule has 0 aliphatic heterocycles. The molecule has 0 saturated carbocycles. The van der Waals surface area contributed by atoms with E-state index in [2.05, 4.69) is 35.4 Å². The van der Waals surface area contributed by atoms with Crippen LogP contribution in [0, 0.1) is 6.92 Å². The summed E-state index contributed by atoms with van der Waals surface area (Å²) in [4.78, 5) is 4.16. The molecule has 1 aromatic carbocycles. The molecule has 0 bridgehead atoms. The zero-order valence-corrected chi connectivity index (χ0v) is 10.1. The summed E-state index contributed by atoms with van der Waals surface area (Å²) in [6, 6.07) is 12.2. The molecule has 0 aliphatic rings. The highest BCUT2D eigenvalue weighted by Gasteiger charge is 2.02. The molecule has 0 saturated heterocycles. The fourth-order valence-electron chi connectivity index (χ4n) is 1.69. The number of aromatic nitrogens is 1. The topological polar surface area (TPSA) is 34.1 Å². The van der Waals surface area contributed by atoms with Crippen molar-refractivity contribution in [2.45, 2.75) is 13.5 Å². The Balaban J connectivity index is 2.07. The fraction of sp³-hybridized carbons (Fsp3) is 0.214. The number of benzene rings is 1. The number of ether oxygens (including phenoxy) is 1. The second-order valence-electron chi connectivity index (χ2n) is 3.89. The summed E-state index contributed by atoms with van der Waals surface area (Å²) >= 11 is 0. The lowest BCUT2D eigenvalue weighted by Crippen LogP contribution is -2.02. The summed E-state index contributed by atoms with van der Waals surface area (Å²) in [6.45, 7) is 2.79. The highest BCUT2D eigenvalue weighted by molar-refractivity contribution is 5.46. The average molecular weight is 228 g/mol. The molecule has 0 spiro atoms. The fourth-order valence-corrected chi connectivity index (χ4v) is 1.69. The van der Waals surface area contributed by atoms with Crippen molar-refractivity contribution in [2.24, 2.45) is 0 Å². The van der Waals surface area contributed by atoms with E-state index < -0.39 is 0 Å². The van der Waals surface area contributed by atoms with Crippen molar-refractivity contribution in [3.8, 4) is 5.88 Å². The van der Waals surface area contributed by atoms with Gasteiger partial charge in [-0.1, -0.05) is 18.2 Å². The smallest absolute Gasteiger partial charge is 0.218 e. The van der Waals surface area contributed by atoms with Crippen molar-refractivity contribution in [2.75, 3.05) is 12.4 Å². The van der Waals surface area contributed by atoms with Crippen molar-refractivity contribution in [3.63, 3.8) is 0 Å². The standard InChI is InChI=1S/C14H16N2O/c1-11-5-3-7-13(9-11)16-10-12-6-4-8-15-14(12)17-2/h3-9,16H,10H2,1-2H3. The van der Waals surface area contributed by atoms with Gasteiger partial charge in [0.1, 0.15) is 0 Å². The Labute approximate surface area is 101 Å². The molecule has 0 unspecified atom stereocenters. The third-order valence-electron chi connectivity index (χ3n) is 2.54. The van der Waals surface area contributed by atoms with E-state index in [1.54, 1.807) is 13.3 Å². The van der Waals surface area contributed by atoms with Crippen LogP contribution in [0.3, 0.4) is 0 Å². The van der Waals surface area contributed by atoms with Gasteiger partial charge in [0.15, 0.2) is 0 Å². The van der Waals surface area contributed by atoms with E-state index in [1.807, 2.05) is 18.2 Å². The van der Waals surface area contributed by atoms with E-state index >= 15 is 0 Å². The number of methoxy groups -OCH3 is 1. The van der Waals surface area contributed by atoms with Gasteiger partial charge in [-0.2, -0.15) is 0 Å². The van der Waals surface area contributed by atoms with Crippen LogP contribution in [0.25, 0.3) is 0 Å². The first kappa shape index (κ1) is 11.5. The molecule has 88 valence electrons. The molecule has 0 atom stereocenters. The van der Waals surface area contributed by atoms with E-state index in [1.165, 1.54) is 5.56 Å². The summed E-state index contributed by atoms with van der Waals surface area (Å²) in [5, 5.41) is 3.36. The number of hydrogen-bond acceptors (Lipinski definition) is 3. The molecular formula is C14H16N2O. The van der Waals surface area contributed by atoms with Gasteiger partial charge in [-0.3, -0.25) is 0 Å². The van der Waals surface area contributed by atoms with Gasteiger partial charge in [0, 0.05) is 24.0 Å². The Kier molecular flexibility index (Phi) is 3.60. The van der Waals surface area contributed by atoms with Crippen LogP contribution in [0.4, 0.5) is 5.69 Å². The number of nitrogens with zero attached hydrogens (tertiary/aromatic N) is 1. The Bertz CT molecular complexity index is 497. The third kappa shape index (κ3) is 2.97. The molecule has 0 radical (unpaired) electrons. The zero-order valence-electron chi connectivity index (χ0n) is 10.1. The Morgan fingerprint density at radius 3 is 2.88 bits per heavy atom. The van der Waals surface area contributed by atoms with Crippen LogP contribution in [0.5, 0.6) is 5.88 Å². The van der Waals surface area contributed by atoms with Crippen molar-refractivity contribution in [1.29, 1.82) is 0 Å². The number of rotatable bonds is 4. The minimum atomic E-state index is 0.674. The number of nitrogens with one attached hydrogen (secondary N) is 1. The summed E-state index contributed by atoms with van der Waals surface area (Å²) < 4.78 is 5.21. The maximum atomic E-state index is 5.21. The summed E-state index contributed by atoms with van der Waals surface area (Å²) in [7, 11) is 1.64. The quantitative estimate of drug-likeness (QED) is 0.873. The van der Waals surface area contributed by atoms with Gasteiger partial charge in [0.25, 0.3) is 0 Å². The third-order valence-corrected chi connectivity index (χ3v) is 2.54. The van der Waals surface area contributed by atoms with Gasteiger partial charge in [0.2, 0.25) is 5.88 Å². The Morgan fingerprint density at radius 2 is 2.12 bits per heavy atom. The maximum absolute atomic E-state index is 5.21. The van der Waals surface area contributed by atoms with E-state index in [0.29, 0.717) is 12.4 Å². The monoisotopic (exact) mass is 228 g/mol. The normalized spacial score (nSPS) is 10.0. The molecule has 3 heteroatoms. The molecule has 1 aromatic heterocycles. The Morgan fingerprint density at radius 1 is 1.24 bits per heavy atom. The molecule has 1 N–H and O–H groups in total. The zero-order chi connectivity index (χ0) is 12.1. The molecule has 1 heterocycles.